The Morgan fingerprint density at radius 1 is 1.14 bits per heavy atom. The molecule has 6 heteroatoms. The number of halogens is 3. The van der Waals surface area contributed by atoms with E-state index in [-0.39, 0.29) is 11.2 Å². The van der Waals surface area contributed by atoms with Crippen molar-refractivity contribution >= 4 is 16.7 Å². The lowest BCUT2D eigenvalue weighted by Gasteiger charge is -2.15. The van der Waals surface area contributed by atoms with E-state index in [9.17, 15) is 17.4 Å². The summed E-state index contributed by atoms with van der Waals surface area (Å²) in [6.45, 7) is 7.46. The summed E-state index contributed by atoms with van der Waals surface area (Å²) in [5.41, 5.74) is -1.58. The monoisotopic (exact) mass is 323 g/mol. The molecule has 0 amide bonds. The second-order valence-electron chi connectivity index (χ2n) is 6.08. The van der Waals surface area contributed by atoms with Crippen LogP contribution in [0.2, 0.25) is 0 Å². The first kappa shape index (κ1) is 20.2. The van der Waals surface area contributed by atoms with Gasteiger partial charge in [-0.05, 0) is 17.8 Å². The minimum absolute atomic E-state index is 0.0742. The molecule has 0 rings (SSSR count). The van der Waals surface area contributed by atoms with Crippen LogP contribution in [0.1, 0.15) is 59.8 Å². The summed E-state index contributed by atoms with van der Waals surface area (Å²) in [6, 6.07) is 0. The maximum absolute atomic E-state index is 12.8. The second kappa shape index (κ2) is 9.24. The molecule has 0 heterocycles. The fourth-order valence-electron chi connectivity index (χ4n) is 1.44. The second-order valence-corrected chi connectivity index (χ2v) is 7.19. The van der Waals surface area contributed by atoms with Crippen LogP contribution in [0.15, 0.2) is 4.40 Å². The molecule has 122 valence electrons. The smallest absolute Gasteiger partial charge is 0.235 e. The van der Waals surface area contributed by atoms with Crippen LogP contribution in [-0.2, 0) is 11.0 Å². The van der Waals surface area contributed by atoms with Crippen molar-refractivity contribution in [3.63, 3.8) is 0 Å². The molecule has 0 aliphatic carbocycles. The van der Waals surface area contributed by atoms with Gasteiger partial charge in [-0.3, -0.25) is 0 Å². The van der Waals surface area contributed by atoms with Crippen LogP contribution in [0.3, 0.4) is 0 Å². The Hall–Kier alpha value is -0.830. The molecule has 0 aromatic heterocycles. The topological polar surface area (TPSA) is 29.4 Å². The molecule has 0 fully saturated rings. The van der Waals surface area contributed by atoms with Crippen LogP contribution < -0.4 is 0 Å². The van der Waals surface area contributed by atoms with Crippen LogP contribution in [0.4, 0.5) is 13.2 Å². The highest BCUT2D eigenvalue weighted by molar-refractivity contribution is 7.83. The van der Waals surface area contributed by atoms with Crippen LogP contribution >= 0.6 is 0 Å². The normalized spacial score (nSPS) is 14.5. The molecule has 0 spiro atoms. The molecule has 0 aromatic rings. The molecule has 0 radical (unpaired) electrons. The molecule has 21 heavy (non-hydrogen) atoms. The van der Waals surface area contributed by atoms with Crippen molar-refractivity contribution in [2.24, 2.45) is 9.81 Å². The van der Waals surface area contributed by atoms with Gasteiger partial charge < -0.3 is 0 Å². The summed E-state index contributed by atoms with van der Waals surface area (Å²) in [5, 5.41) is 0. The fraction of sp³-hybridized carbons (Fsp3) is 0.800. The van der Waals surface area contributed by atoms with Crippen molar-refractivity contribution in [1.82, 2.24) is 0 Å². The summed E-state index contributed by atoms with van der Waals surface area (Å²) >= 11 is 0. The van der Waals surface area contributed by atoms with Crippen molar-refractivity contribution in [2.45, 2.75) is 66.0 Å². The van der Waals surface area contributed by atoms with E-state index in [1.807, 2.05) is 5.92 Å². The molecule has 0 saturated heterocycles. The van der Waals surface area contributed by atoms with Gasteiger partial charge in [-0.15, -0.1) is 0 Å². The maximum atomic E-state index is 12.8. The fourth-order valence-corrected chi connectivity index (χ4v) is 2.59. The van der Waals surface area contributed by atoms with Gasteiger partial charge in [-0.2, -0.15) is 17.6 Å². The first-order chi connectivity index (χ1) is 9.56. The molecule has 2 nitrogen and oxygen atoms in total. The average Bonchev–Trinajstić information content (AvgIpc) is 2.28. The van der Waals surface area contributed by atoms with Gasteiger partial charge in [0.1, 0.15) is 11.0 Å². The lowest BCUT2D eigenvalue weighted by atomic mass is 10.0. The molecular weight excluding hydrogens is 299 g/mol. The van der Waals surface area contributed by atoms with E-state index in [0.29, 0.717) is 6.42 Å². The zero-order valence-corrected chi connectivity index (χ0v) is 14.0. The molecule has 0 aliphatic rings. The summed E-state index contributed by atoms with van der Waals surface area (Å²) in [6.07, 6.45) is -0.395. The van der Waals surface area contributed by atoms with Gasteiger partial charge in [0, 0.05) is 12.2 Å². The first-order valence-electron chi connectivity index (χ1n) is 7.09. The zero-order valence-electron chi connectivity index (χ0n) is 13.1. The number of rotatable bonds is 6. The van der Waals surface area contributed by atoms with Gasteiger partial charge in [0.15, 0.2) is 0 Å². The predicted octanol–water partition coefficient (Wildman–Crippen LogP) is 4.67. The third kappa shape index (κ3) is 11.5. The third-order valence-electron chi connectivity index (χ3n) is 2.38. The Kier molecular flexibility index (Phi) is 8.88. The minimum atomic E-state index is -4.65. The van der Waals surface area contributed by atoms with Gasteiger partial charge in [-0.25, -0.2) is 4.21 Å². The standard InChI is InChI=1S/C15H24F3NOS/c1-5-6-7-8-9-10-11-13(15(16,17)18)19-21(20)12-14(2,3)4/h5-9,12H2,1-4H3. The van der Waals surface area contributed by atoms with Crippen LogP contribution in [0.5, 0.6) is 0 Å². The predicted molar refractivity (Wildman–Crippen MR) is 82.5 cm³/mol. The van der Waals surface area contributed by atoms with Crippen molar-refractivity contribution in [3.05, 3.63) is 0 Å². The van der Waals surface area contributed by atoms with Crippen molar-refractivity contribution in [1.29, 1.82) is 0 Å². The molecule has 0 aliphatic heterocycles. The number of nitrogens with zero attached hydrogens (tertiary/aromatic N) is 1. The summed E-state index contributed by atoms with van der Waals surface area (Å²) in [5.74, 6) is 4.59. The number of hydrogen-bond donors (Lipinski definition) is 0. The van der Waals surface area contributed by atoms with E-state index in [4.69, 9.17) is 0 Å². The van der Waals surface area contributed by atoms with Crippen LogP contribution in [-0.4, -0.2) is 21.8 Å². The van der Waals surface area contributed by atoms with Crippen molar-refractivity contribution < 1.29 is 17.4 Å². The Bertz CT molecular complexity index is 425. The Labute approximate surface area is 128 Å². The maximum Gasteiger partial charge on any atom is 0.442 e. The average molecular weight is 323 g/mol. The summed E-state index contributed by atoms with van der Waals surface area (Å²) < 4.78 is 53.2. The molecule has 0 N–H and O–H groups in total. The summed E-state index contributed by atoms with van der Waals surface area (Å²) in [7, 11) is -1.91. The number of alkyl halides is 3. The van der Waals surface area contributed by atoms with Gasteiger partial charge in [0.2, 0.25) is 5.71 Å². The highest BCUT2D eigenvalue weighted by Crippen LogP contribution is 2.20. The summed E-state index contributed by atoms with van der Waals surface area (Å²) in [4.78, 5) is 0. The number of unbranched alkanes of at least 4 members (excludes halogenated alkanes) is 4. The lowest BCUT2D eigenvalue weighted by Crippen LogP contribution is -2.23. The van der Waals surface area contributed by atoms with Crippen molar-refractivity contribution in [2.75, 3.05) is 5.75 Å². The number of hydrogen-bond acceptors (Lipinski definition) is 1. The SMILES string of the molecule is CCCCCCC#CC(=NS(=O)CC(C)(C)C)C(F)(F)F. The lowest BCUT2D eigenvalue weighted by molar-refractivity contribution is -0.0570. The highest BCUT2D eigenvalue weighted by Gasteiger charge is 2.35. The Balaban J connectivity index is 4.76. The molecule has 1 unspecified atom stereocenters. The van der Waals surface area contributed by atoms with Crippen LogP contribution in [0, 0.1) is 17.3 Å². The third-order valence-corrected chi connectivity index (χ3v) is 3.88. The van der Waals surface area contributed by atoms with E-state index in [1.54, 1.807) is 20.8 Å². The Morgan fingerprint density at radius 3 is 2.24 bits per heavy atom. The van der Waals surface area contributed by atoms with Crippen molar-refractivity contribution in [3.8, 4) is 11.8 Å². The van der Waals surface area contributed by atoms with E-state index in [2.05, 4.69) is 17.2 Å². The van der Waals surface area contributed by atoms with E-state index in [1.165, 1.54) is 0 Å². The van der Waals surface area contributed by atoms with Gasteiger partial charge >= 0.3 is 6.18 Å². The largest absolute Gasteiger partial charge is 0.442 e. The van der Waals surface area contributed by atoms with Crippen LogP contribution in [0.25, 0.3) is 0 Å². The minimum Gasteiger partial charge on any atom is -0.235 e. The highest BCUT2D eigenvalue weighted by atomic mass is 32.2. The molecular formula is C15H24F3NOS. The van der Waals surface area contributed by atoms with Gasteiger partial charge in [0.05, 0.1) is 0 Å². The molecule has 0 aromatic carbocycles. The van der Waals surface area contributed by atoms with E-state index >= 15 is 0 Å². The van der Waals surface area contributed by atoms with E-state index < -0.39 is 22.9 Å². The quantitative estimate of drug-likeness (QED) is 0.397. The molecule has 0 saturated carbocycles. The Morgan fingerprint density at radius 2 is 1.76 bits per heavy atom. The molecule has 0 bridgehead atoms. The first-order valence-corrected chi connectivity index (χ1v) is 8.37. The molecule has 1 atom stereocenters. The van der Waals surface area contributed by atoms with E-state index in [0.717, 1.165) is 25.7 Å². The zero-order chi connectivity index (χ0) is 16.5. The van der Waals surface area contributed by atoms with Gasteiger partial charge in [-0.1, -0.05) is 52.9 Å². The van der Waals surface area contributed by atoms with Gasteiger partial charge in [0.25, 0.3) is 0 Å².